The minimum atomic E-state index is -0.617. The molecule has 0 saturated heterocycles. The number of thioether (sulfide) groups is 1. The Bertz CT molecular complexity index is 1200. The SMILES string of the molecule is CC(C)CNC(=O)NC(=O)CSc1nc2ccccc2c(=O)n1-c1ccc(F)c(Cl)c1. The Balaban J connectivity index is 1.90. The third-order valence-electron chi connectivity index (χ3n) is 4.16. The number of halogens is 2. The van der Waals surface area contributed by atoms with Gasteiger partial charge in [0.2, 0.25) is 5.91 Å². The molecule has 0 atom stereocenters. The van der Waals surface area contributed by atoms with Crippen LogP contribution in [-0.2, 0) is 4.79 Å². The van der Waals surface area contributed by atoms with E-state index in [4.69, 9.17) is 11.6 Å². The average molecular weight is 463 g/mol. The zero-order chi connectivity index (χ0) is 22.5. The number of benzene rings is 2. The molecule has 0 bridgehead atoms. The van der Waals surface area contributed by atoms with Crippen molar-refractivity contribution in [3.05, 3.63) is 63.7 Å². The van der Waals surface area contributed by atoms with Crippen LogP contribution >= 0.6 is 23.4 Å². The number of amides is 3. The van der Waals surface area contributed by atoms with Gasteiger partial charge in [0, 0.05) is 6.54 Å². The zero-order valence-electron chi connectivity index (χ0n) is 16.8. The Hall–Kier alpha value is -2.91. The average Bonchev–Trinajstić information content (AvgIpc) is 2.73. The van der Waals surface area contributed by atoms with Gasteiger partial charge in [0.1, 0.15) is 5.82 Å². The van der Waals surface area contributed by atoms with E-state index in [2.05, 4.69) is 15.6 Å². The molecule has 0 radical (unpaired) electrons. The quantitative estimate of drug-likeness (QED) is 0.430. The van der Waals surface area contributed by atoms with Crippen molar-refractivity contribution in [3.63, 3.8) is 0 Å². The first-order valence-electron chi connectivity index (χ1n) is 9.44. The van der Waals surface area contributed by atoms with E-state index in [9.17, 15) is 18.8 Å². The van der Waals surface area contributed by atoms with Crippen molar-refractivity contribution < 1.29 is 14.0 Å². The molecular formula is C21H20ClFN4O3S. The Morgan fingerprint density at radius 2 is 1.97 bits per heavy atom. The van der Waals surface area contributed by atoms with E-state index in [1.807, 2.05) is 13.8 Å². The maximum absolute atomic E-state index is 13.6. The standard InChI is InChI=1S/C21H20ClFN4O3S/c1-12(2)10-24-20(30)26-18(28)11-31-21-25-17-6-4-3-5-14(17)19(29)27(21)13-7-8-16(23)15(22)9-13/h3-9,12H,10-11H2,1-2H3,(H2,24,26,28,30). The Kier molecular flexibility index (Phi) is 7.29. The number of nitrogens with zero attached hydrogens (tertiary/aromatic N) is 2. The molecule has 3 aromatic rings. The van der Waals surface area contributed by atoms with E-state index in [0.717, 1.165) is 17.8 Å². The van der Waals surface area contributed by atoms with Crippen LogP contribution in [0.4, 0.5) is 9.18 Å². The Morgan fingerprint density at radius 1 is 1.23 bits per heavy atom. The number of fused-ring (bicyclic) bond motifs is 1. The maximum atomic E-state index is 13.6. The predicted octanol–water partition coefficient (Wildman–Crippen LogP) is 3.75. The third-order valence-corrected chi connectivity index (χ3v) is 5.39. The van der Waals surface area contributed by atoms with E-state index < -0.39 is 17.8 Å². The summed E-state index contributed by atoms with van der Waals surface area (Å²) in [4.78, 5) is 41.6. The number of urea groups is 1. The van der Waals surface area contributed by atoms with Crippen molar-refractivity contribution in [2.45, 2.75) is 19.0 Å². The van der Waals surface area contributed by atoms with Crippen LogP contribution in [0.15, 0.2) is 52.4 Å². The summed E-state index contributed by atoms with van der Waals surface area (Å²) in [5.41, 5.74) is 0.382. The number of rotatable bonds is 6. The van der Waals surface area contributed by atoms with Gasteiger partial charge in [0.05, 0.1) is 27.4 Å². The van der Waals surface area contributed by atoms with Crippen molar-refractivity contribution in [3.8, 4) is 5.69 Å². The monoisotopic (exact) mass is 462 g/mol. The van der Waals surface area contributed by atoms with Crippen molar-refractivity contribution in [2.75, 3.05) is 12.3 Å². The summed E-state index contributed by atoms with van der Waals surface area (Å²) in [5.74, 6) is -1.08. The number of imide groups is 1. The minimum absolute atomic E-state index is 0.145. The van der Waals surface area contributed by atoms with Gasteiger partial charge in [-0.2, -0.15) is 0 Å². The second-order valence-corrected chi connectivity index (χ2v) is 8.44. The van der Waals surface area contributed by atoms with E-state index in [-0.39, 0.29) is 27.4 Å². The Labute approximate surface area is 187 Å². The molecular weight excluding hydrogens is 443 g/mol. The van der Waals surface area contributed by atoms with Crippen LogP contribution in [0.5, 0.6) is 0 Å². The highest BCUT2D eigenvalue weighted by Crippen LogP contribution is 2.24. The summed E-state index contributed by atoms with van der Waals surface area (Å²) in [5, 5.41) is 5.26. The lowest BCUT2D eigenvalue weighted by Gasteiger charge is -2.14. The van der Waals surface area contributed by atoms with Gasteiger partial charge in [0.25, 0.3) is 5.56 Å². The molecule has 10 heteroatoms. The van der Waals surface area contributed by atoms with E-state index in [1.54, 1.807) is 24.3 Å². The van der Waals surface area contributed by atoms with Crippen LogP contribution < -0.4 is 16.2 Å². The molecule has 2 N–H and O–H groups in total. The highest BCUT2D eigenvalue weighted by atomic mass is 35.5. The van der Waals surface area contributed by atoms with Crippen LogP contribution in [0.1, 0.15) is 13.8 Å². The number of hydrogen-bond donors (Lipinski definition) is 2. The lowest BCUT2D eigenvalue weighted by atomic mass is 10.2. The number of carbonyl (C=O) groups excluding carboxylic acids is 2. The smallest absolute Gasteiger partial charge is 0.321 e. The molecule has 3 rings (SSSR count). The number of para-hydroxylation sites is 1. The highest BCUT2D eigenvalue weighted by Gasteiger charge is 2.16. The number of nitrogens with one attached hydrogen (secondary N) is 2. The van der Waals surface area contributed by atoms with Gasteiger partial charge in [-0.25, -0.2) is 14.2 Å². The van der Waals surface area contributed by atoms with Crippen molar-refractivity contribution in [1.82, 2.24) is 20.2 Å². The molecule has 0 aliphatic heterocycles. The molecule has 162 valence electrons. The van der Waals surface area contributed by atoms with Crippen LogP contribution in [0.25, 0.3) is 16.6 Å². The third kappa shape index (κ3) is 5.62. The Morgan fingerprint density at radius 3 is 2.68 bits per heavy atom. The van der Waals surface area contributed by atoms with Crippen molar-refractivity contribution in [1.29, 1.82) is 0 Å². The van der Waals surface area contributed by atoms with Crippen molar-refractivity contribution >= 4 is 46.2 Å². The normalized spacial score (nSPS) is 11.0. The molecule has 1 aromatic heterocycles. The first kappa shape index (κ1) is 22.8. The molecule has 7 nitrogen and oxygen atoms in total. The summed E-state index contributed by atoms with van der Waals surface area (Å²) in [6.45, 7) is 4.30. The molecule has 3 amide bonds. The van der Waals surface area contributed by atoms with Crippen LogP contribution in [0.2, 0.25) is 5.02 Å². The summed E-state index contributed by atoms with van der Waals surface area (Å²) >= 11 is 6.88. The van der Waals surface area contributed by atoms with E-state index in [1.165, 1.54) is 16.7 Å². The van der Waals surface area contributed by atoms with Gasteiger partial charge in [0.15, 0.2) is 5.16 Å². The van der Waals surface area contributed by atoms with Gasteiger partial charge in [-0.05, 0) is 36.2 Å². The van der Waals surface area contributed by atoms with Crippen LogP contribution in [-0.4, -0.2) is 33.8 Å². The van der Waals surface area contributed by atoms with Gasteiger partial charge in [-0.15, -0.1) is 0 Å². The second-order valence-electron chi connectivity index (χ2n) is 7.09. The zero-order valence-corrected chi connectivity index (χ0v) is 18.4. The topological polar surface area (TPSA) is 93.1 Å². The second kappa shape index (κ2) is 9.93. The lowest BCUT2D eigenvalue weighted by Crippen LogP contribution is -2.41. The van der Waals surface area contributed by atoms with Gasteiger partial charge < -0.3 is 5.32 Å². The molecule has 1 heterocycles. The minimum Gasteiger partial charge on any atom is -0.338 e. The van der Waals surface area contributed by atoms with Gasteiger partial charge >= 0.3 is 6.03 Å². The van der Waals surface area contributed by atoms with Crippen molar-refractivity contribution in [2.24, 2.45) is 5.92 Å². The van der Waals surface area contributed by atoms with E-state index >= 15 is 0 Å². The number of aromatic nitrogens is 2. The van der Waals surface area contributed by atoms with E-state index in [0.29, 0.717) is 23.1 Å². The fraction of sp³-hybridized carbons (Fsp3) is 0.238. The first-order chi connectivity index (χ1) is 14.8. The van der Waals surface area contributed by atoms with Crippen LogP contribution in [0.3, 0.4) is 0 Å². The summed E-state index contributed by atoms with van der Waals surface area (Å²) in [6.07, 6.45) is 0. The molecule has 0 aliphatic carbocycles. The number of carbonyl (C=O) groups is 2. The summed E-state index contributed by atoms with van der Waals surface area (Å²) in [6, 6.07) is 10.1. The largest absolute Gasteiger partial charge is 0.338 e. The molecule has 2 aromatic carbocycles. The lowest BCUT2D eigenvalue weighted by molar-refractivity contribution is -0.117. The summed E-state index contributed by atoms with van der Waals surface area (Å²) in [7, 11) is 0. The molecule has 0 fully saturated rings. The fourth-order valence-corrected chi connectivity index (χ4v) is 3.68. The predicted molar refractivity (Wildman–Crippen MR) is 119 cm³/mol. The number of hydrogen-bond acceptors (Lipinski definition) is 5. The summed E-state index contributed by atoms with van der Waals surface area (Å²) < 4.78 is 14.9. The molecule has 0 aliphatic rings. The highest BCUT2D eigenvalue weighted by molar-refractivity contribution is 7.99. The maximum Gasteiger partial charge on any atom is 0.321 e. The first-order valence-corrected chi connectivity index (χ1v) is 10.8. The molecule has 0 unspecified atom stereocenters. The fourth-order valence-electron chi connectivity index (χ4n) is 2.69. The van der Waals surface area contributed by atoms with Crippen LogP contribution in [0, 0.1) is 11.7 Å². The van der Waals surface area contributed by atoms with Gasteiger partial charge in [-0.3, -0.25) is 19.5 Å². The molecule has 31 heavy (non-hydrogen) atoms. The molecule has 0 saturated carbocycles. The van der Waals surface area contributed by atoms with Gasteiger partial charge in [-0.1, -0.05) is 49.3 Å². The molecule has 0 spiro atoms.